The Kier molecular flexibility index (Phi) is 5.16. The third-order valence-electron chi connectivity index (χ3n) is 3.45. The van der Waals surface area contributed by atoms with Crippen molar-refractivity contribution in [1.29, 1.82) is 0 Å². The molecule has 0 radical (unpaired) electrons. The van der Waals surface area contributed by atoms with Crippen molar-refractivity contribution >= 4 is 17.4 Å². The molecule has 0 bridgehead atoms. The molecule has 3 rings (SSSR count). The molecule has 0 aliphatic carbocycles. The molecule has 3 aromatic rings. The highest BCUT2D eigenvalue weighted by Crippen LogP contribution is 2.17. The number of carbonyl (C=O) groups is 1. The van der Waals surface area contributed by atoms with Gasteiger partial charge in [0, 0.05) is 30.7 Å². The fraction of sp³-hybridized carbons (Fsp3) is 0.111. The molecule has 1 aromatic carbocycles. The molecule has 7 nitrogen and oxygen atoms in total. The number of nitrogens with zero attached hydrogens (tertiary/aromatic N) is 3. The van der Waals surface area contributed by atoms with Gasteiger partial charge in [0.15, 0.2) is 5.69 Å². The van der Waals surface area contributed by atoms with E-state index in [1.807, 2.05) is 12.1 Å². The van der Waals surface area contributed by atoms with Crippen molar-refractivity contribution < 1.29 is 9.53 Å². The number of amides is 1. The van der Waals surface area contributed by atoms with E-state index < -0.39 is 0 Å². The number of carbonyl (C=O) groups excluding carboxylic acids is 1. The van der Waals surface area contributed by atoms with E-state index in [9.17, 15) is 4.79 Å². The van der Waals surface area contributed by atoms with Gasteiger partial charge in [-0.05, 0) is 42.0 Å². The molecular weight excluding hydrogens is 318 g/mol. The summed E-state index contributed by atoms with van der Waals surface area (Å²) in [6, 6.07) is 14.3. The van der Waals surface area contributed by atoms with Crippen LogP contribution in [0, 0.1) is 0 Å². The van der Waals surface area contributed by atoms with Crippen LogP contribution in [-0.2, 0) is 6.54 Å². The summed E-state index contributed by atoms with van der Waals surface area (Å²) < 4.78 is 5.13. The number of pyridine rings is 1. The van der Waals surface area contributed by atoms with Gasteiger partial charge in [-0.1, -0.05) is 6.07 Å². The van der Waals surface area contributed by atoms with Gasteiger partial charge in [-0.15, -0.1) is 10.2 Å². The maximum absolute atomic E-state index is 12.2. The third kappa shape index (κ3) is 4.51. The summed E-state index contributed by atoms with van der Waals surface area (Å²) in [5.74, 6) is 0.927. The molecule has 2 N–H and O–H groups in total. The Labute approximate surface area is 145 Å². The number of hydrogen-bond acceptors (Lipinski definition) is 6. The molecular formula is C18H17N5O2. The summed E-state index contributed by atoms with van der Waals surface area (Å²) in [7, 11) is 1.57. The molecule has 2 aromatic heterocycles. The first-order valence-electron chi connectivity index (χ1n) is 7.66. The number of ether oxygens (including phenoxy) is 1. The van der Waals surface area contributed by atoms with Gasteiger partial charge in [0.25, 0.3) is 5.91 Å². The Bertz CT molecular complexity index is 838. The van der Waals surface area contributed by atoms with E-state index in [1.165, 1.54) is 0 Å². The van der Waals surface area contributed by atoms with E-state index in [2.05, 4.69) is 25.8 Å². The summed E-state index contributed by atoms with van der Waals surface area (Å²) in [6.07, 6.45) is 3.46. The van der Waals surface area contributed by atoms with Crippen LogP contribution in [-0.4, -0.2) is 28.2 Å². The summed E-state index contributed by atoms with van der Waals surface area (Å²) in [5.41, 5.74) is 1.94. The zero-order valence-corrected chi connectivity index (χ0v) is 13.6. The van der Waals surface area contributed by atoms with Gasteiger partial charge in [-0.25, -0.2) is 0 Å². The van der Waals surface area contributed by atoms with Crippen LogP contribution in [0.15, 0.2) is 60.9 Å². The maximum atomic E-state index is 12.2. The van der Waals surface area contributed by atoms with E-state index in [4.69, 9.17) is 4.74 Å². The van der Waals surface area contributed by atoms with Gasteiger partial charge in [-0.3, -0.25) is 9.78 Å². The third-order valence-corrected chi connectivity index (χ3v) is 3.45. The molecule has 0 saturated heterocycles. The van der Waals surface area contributed by atoms with Gasteiger partial charge in [-0.2, -0.15) is 0 Å². The topological polar surface area (TPSA) is 89.0 Å². The second kappa shape index (κ2) is 7.87. The zero-order chi connectivity index (χ0) is 17.5. The molecule has 126 valence electrons. The van der Waals surface area contributed by atoms with E-state index in [0.29, 0.717) is 23.8 Å². The van der Waals surface area contributed by atoms with Gasteiger partial charge in [0.2, 0.25) is 0 Å². The van der Waals surface area contributed by atoms with E-state index in [1.54, 1.807) is 55.9 Å². The van der Waals surface area contributed by atoms with Crippen molar-refractivity contribution in [3.8, 4) is 5.75 Å². The van der Waals surface area contributed by atoms with Crippen LogP contribution in [0.2, 0.25) is 0 Å². The van der Waals surface area contributed by atoms with Crippen LogP contribution in [0.4, 0.5) is 11.5 Å². The standard InChI is InChI=1S/C18H17N5O2/c1-25-15-4-2-3-14(11-15)21-18(24)16-5-6-17(23-22-16)20-12-13-7-9-19-10-8-13/h2-11H,12H2,1H3,(H,20,23)(H,21,24). The van der Waals surface area contributed by atoms with Crippen LogP contribution in [0.3, 0.4) is 0 Å². The highest BCUT2D eigenvalue weighted by molar-refractivity contribution is 6.02. The largest absolute Gasteiger partial charge is 0.497 e. The van der Waals surface area contributed by atoms with Crippen LogP contribution < -0.4 is 15.4 Å². The maximum Gasteiger partial charge on any atom is 0.276 e. The fourth-order valence-electron chi connectivity index (χ4n) is 2.14. The van der Waals surface area contributed by atoms with Crippen molar-refractivity contribution in [2.24, 2.45) is 0 Å². The molecule has 7 heteroatoms. The second-order valence-electron chi connectivity index (χ2n) is 5.20. The SMILES string of the molecule is COc1cccc(NC(=O)c2ccc(NCc3ccncc3)nn2)c1. The number of methoxy groups -OCH3 is 1. The molecule has 0 atom stereocenters. The molecule has 1 amide bonds. The van der Waals surface area contributed by atoms with Crippen molar-refractivity contribution in [1.82, 2.24) is 15.2 Å². The number of benzene rings is 1. The molecule has 0 aliphatic rings. The molecule has 0 saturated carbocycles. The smallest absolute Gasteiger partial charge is 0.276 e. The molecule has 0 spiro atoms. The van der Waals surface area contributed by atoms with Gasteiger partial charge in [0.1, 0.15) is 11.6 Å². The van der Waals surface area contributed by atoms with Gasteiger partial charge >= 0.3 is 0 Å². The number of aromatic nitrogens is 3. The normalized spacial score (nSPS) is 10.1. The minimum absolute atomic E-state index is 0.234. The average molecular weight is 335 g/mol. The predicted molar refractivity (Wildman–Crippen MR) is 94.5 cm³/mol. The molecule has 25 heavy (non-hydrogen) atoms. The lowest BCUT2D eigenvalue weighted by molar-refractivity contribution is 0.102. The van der Waals surface area contributed by atoms with Crippen LogP contribution in [0.5, 0.6) is 5.75 Å². The minimum Gasteiger partial charge on any atom is -0.497 e. The summed E-state index contributed by atoms with van der Waals surface area (Å²) in [4.78, 5) is 16.2. The Hall–Kier alpha value is -3.48. The average Bonchev–Trinajstić information content (AvgIpc) is 2.67. The number of rotatable bonds is 6. The second-order valence-corrected chi connectivity index (χ2v) is 5.20. The molecule has 0 aliphatic heterocycles. The van der Waals surface area contributed by atoms with Gasteiger partial charge in [0.05, 0.1) is 7.11 Å². The van der Waals surface area contributed by atoms with Gasteiger partial charge < -0.3 is 15.4 Å². The summed E-state index contributed by atoms with van der Waals surface area (Å²) >= 11 is 0. The lowest BCUT2D eigenvalue weighted by Crippen LogP contribution is -2.15. The number of hydrogen-bond donors (Lipinski definition) is 2. The Morgan fingerprint density at radius 3 is 2.64 bits per heavy atom. The van der Waals surface area contributed by atoms with Crippen LogP contribution >= 0.6 is 0 Å². The predicted octanol–water partition coefficient (Wildman–Crippen LogP) is 2.74. The highest BCUT2D eigenvalue weighted by atomic mass is 16.5. The first-order valence-corrected chi connectivity index (χ1v) is 7.66. The molecule has 2 heterocycles. The number of anilines is 2. The van der Waals surface area contributed by atoms with Crippen molar-refractivity contribution in [3.05, 3.63) is 72.2 Å². The lowest BCUT2D eigenvalue weighted by Gasteiger charge is -2.07. The van der Waals surface area contributed by atoms with Crippen molar-refractivity contribution in [3.63, 3.8) is 0 Å². The Morgan fingerprint density at radius 2 is 1.92 bits per heavy atom. The Balaban J connectivity index is 1.60. The zero-order valence-electron chi connectivity index (χ0n) is 13.6. The number of nitrogens with one attached hydrogen (secondary N) is 2. The summed E-state index contributed by atoms with van der Waals surface area (Å²) in [6.45, 7) is 0.604. The monoisotopic (exact) mass is 335 g/mol. The highest BCUT2D eigenvalue weighted by Gasteiger charge is 2.09. The van der Waals surface area contributed by atoms with E-state index >= 15 is 0 Å². The van der Waals surface area contributed by atoms with Crippen molar-refractivity contribution in [2.45, 2.75) is 6.54 Å². The lowest BCUT2D eigenvalue weighted by atomic mass is 10.2. The quantitative estimate of drug-likeness (QED) is 0.720. The van der Waals surface area contributed by atoms with Crippen LogP contribution in [0.1, 0.15) is 16.1 Å². The first kappa shape index (κ1) is 16.4. The van der Waals surface area contributed by atoms with Crippen molar-refractivity contribution in [2.75, 3.05) is 17.7 Å². The fourth-order valence-corrected chi connectivity index (χ4v) is 2.14. The Morgan fingerprint density at radius 1 is 1.08 bits per heavy atom. The van der Waals surface area contributed by atoms with E-state index in [-0.39, 0.29) is 11.6 Å². The van der Waals surface area contributed by atoms with E-state index in [0.717, 1.165) is 5.56 Å². The molecule has 0 unspecified atom stereocenters. The molecule has 0 fully saturated rings. The first-order chi connectivity index (χ1) is 12.2. The summed E-state index contributed by atoms with van der Waals surface area (Å²) in [5, 5.41) is 13.9. The van der Waals surface area contributed by atoms with Crippen LogP contribution in [0.25, 0.3) is 0 Å². The minimum atomic E-state index is -0.332.